The summed E-state index contributed by atoms with van der Waals surface area (Å²) in [6, 6.07) is 4.84. The Morgan fingerprint density at radius 1 is 1.12 bits per heavy atom. The third kappa shape index (κ3) is 8.11. The second-order valence-corrected chi connectivity index (χ2v) is 5.41. The molecule has 0 fully saturated rings. The number of halogens is 1. The van der Waals surface area contributed by atoms with Gasteiger partial charge in [0, 0.05) is 25.7 Å². The molecule has 0 heterocycles. The first-order valence-electron chi connectivity index (χ1n) is 7.71. The van der Waals surface area contributed by atoms with Crippen LogP contribution in [0.1, 0.15) is 25.7 Å². The van der Waals surface area contributed by atoms with Crippen LogP contribution in [-0.4, -0.2) is 42.9 Å². The van der Waals surface area contributed by atoms with Crippen LogP contribution in [0.15, 0.2) is 24.3 Å². The number of hydrogen-bond donors (Lipinski definition) is 3. The summed E-state index contributed by atoms with van der Waals surface area (Å²) in [5, 5.41) is 5.07. The van der Waals surface area contributed by atoms with E-state index in [4.69, 9.17) is 5.73 Å². The summed E-state index contributed by atoms with van der Waals surface area (Å²) < 4.78 is 12.8. The molecule has 24 heavy (non-hydrogen) atoms. The van der Waals surface area contributed by atoms with E-state index in [1.54, 1.807) is 7.05 Å². The predicted octanol–water partition coefficient (Wildman–Crippen LogP) is 1.45. The van der Waals surface area contributed by atoms with E-state index < -0.39 is 6.03 Å². The molecule has 0 bridgehead atoms. The number of primary amides is 1. The van der Waals surface area contributed by atoms with Crippen LogP contribution in [0.5, 0.6) is 0 Å². The Bertz CT molecular complexity index is 563. The first-order chi connectivity index (χ1) is 11.4. The van der Waals surface area contributed by atoms with Crippen LogP contribution in [-0.2, 0) is 9.59 Å². The predicted molar refractivity (Wildman–Crippen MR) is 88.7 cm³/mol. The van der Waals surface area contributed by atoms with Gasteiger partial charge in [0.2, 0.25) is 11.8 Å². The first kappa shape index (κ1) is 19.4. The third-order valence-corrected chi connectivity index (χ3v) is 3.30. The van der Waals surface area contributed by atoms with E-state index in [1.165, 1.54) is 29.2 Å². The first-order valence-corrected chi connectivity index (χ1v) is 7.71. The summed E-state index contributed by atoms with van der Waals surface area (Å²) in [6.45, 7) is 0.416. The van der Waals surface area contributed by atoms with Crippen LogP contribution in [0.2, 0.25) is 0 Å². The molecular formula is C16H23FN4O3. The van der Waals surface area contributed by atoms with Crippen molar-refractivity contribution < 1.29 is 18.8 Å². The lowest BCUT2D eigenvalue weighted by Gasteiger charge is -2.16. The highest BCUT2D eigenvalue weighted by molar-refractivity contribution is 5.94. The number of urea groups is 1. The number of amides is 4. The van der Waals surface area contributed by atoms with Gasteiger partial charge >= 0.3 is 6.03 Å². The van der Waals surface area contributed by atoms with E-state index >= 15 is 0 Å². The molecule has 0 spiro atoms. The van der Waals surface area contributed by atoms with Gasteiger partial charge in [0.1, 0.15) is 5.82 Å². The molecular weight excluding hydrogens is 315 g/mol. The number of carbonyl (C=O) groups excluding carboxylic acids is 3. The van der Waals surface area contributed by atoms with Gasteiger partial charge in [-0.3, -0.25) is 9.59 Å². The molecule has 0 aliphatic carbocycles. The van der Waals surface area contributed by atoms with Gasteiger partial charge in [-0.1, -0.05) is 6.42 Å². The zero-order valence-corrected chi connectivity index (χ0v) is 13.7. The number of carbonyl (C=O) groups is 3. The minimum atomic E-state index is -0.557. The van der Waals surface area contributed by atoms with Gasteiger partial charge in [-0.05, 0) is 37.1 Å². The quantitative estimate of drug-likeness (QED) is 0.594. The van der Waals surface area contributed by atoms with Gasteiger partial charge in [0.15, 0.2) is 0 Å². The number of nitrogens with zero attached hydrogens (tertiary/aromatic N) is 1. The van der Waals surface area contributed by atoms with Crippen LogP contribution in [0.25, 0.3) is 0 Å². The topological polar surface area (TPSA) is 105 Å². The Morgan fingerprint density at radius 3 is 2.42 bits per heavy atom. The molecule has 0 saturated heterocycles. The summed E-state index contributed by atoms with van der Waals surface area (Å²) in [5.74, 6) is -0.860. The summed E-state index contributed by atoms with van der Waals surface area (Å²) in [7, 11) is 1.56. The molecule has 0 radical (unpaired) electrons. The van der Waals surface area contributed by atoms with E-state index in [1.807, 2.05) is 0 Å². The molecule has 1 aromatic rings. The Balaban J connectivity index is 2.21. The van der Waals surface area contributed by atoms with E-state index in [2.05, 4.69) is 10.6 Å². The number of nitrogens with one attached hydrogen (secondary N) is 2. The molecule has 4 amide bonds. The monoisotopic (exact) mass is 338 g/mol. The van der Waals surface area contributed by atoms with Crippen LogP contribution in [0.4, 0.5) is 14.9 Å². The third-order valence-electron chi connectivity index (χ3n) is 3.30. The average molecular weight is 338 g/mol. The second kappa shape index (κ2) is 10.2. The lowest BCUT2D eigenvalue weighted by atomic mass is 10.2. The van der Waals surface area contributed by atoms with E-state index in [0.717, 1.165) is 12.8 Å². The summed E-state index contributed by atoms with van der Waals surface area (Å²) >= 11 is 0. The van der Waals surface area contributed by atoms with Crippen molar-refractivity contribution in [3.05, 3.63) is 30.1 Å². The summed E-state index contributed by atoms with van der Waals surface area (Å²) in [4.78, 5) is 35.6. The fraction of sp³-hybridized carbons (Fsp3) is 0.438. The number of hydrogen-bond acceptors (Lipinski definition) is 3. The smallest absolute Gasteiger partial charge is 0.312 e. The largest absolute Gasteiger partial charge is 0.352 e. The lowest BCUT2D eigenvalue weighted by Crippen LogP contribution is -2.34. The lowest BCUT2D eigenvalue weighted by molar-refractivity contribution is -0.133. The van der Waals surface area contributed by atoms with Crippen molar-refractivity contribution in [1.82, 2.24) is 10.2 Å². The normalized spacial score (nSPS) is 10.1. The minimum Gasteiger partial charge on any atom is -0.352 e. The Morgan fingerprint density at radius 2 is 1.79 bits per heavy atom. The molecule has 0 aliphatic rings. The molecule has 0 atom stereocenters. The number of rotatable bonds is 9. The van der Waals surface area contributed by atoms with E-state index in [0.29, 0.717) is 25.1 Å². The standard InChI is InChI=1S/C16H23FN4O3/c1-21(15(23)5-3-2-4-10-19-16(18)24)11-14(22)20-13-8-6-12(17)7-9-13/h6-9H,2-5,10-11H2,1H3,(H,20,22)(H3,18,19,24). The van der Waals surface area contributed by atoms with Crippen molar-refractivity contribution in [2.45, 2.75) is 25.7 Å². The summed E-state index contributed by atoms with van der Waals surface area (Å²) in [5.41, 5.74) is 5.41. The molecule has 7 nitrogen and oxygen atoms in total. The van der Waals surface area contributed by atoms with Crippen molar-refractivity contribution in [1.29, 1.82) is 0 Å². The second-order valence-electron chi connectivity index (χ2n) is 5.41. The number of nitrogens with two attached hydrogens (primary N) is 1. The van der Waals surface area contributed by atoms with Crippen molar-refractivity contribution in [3.8, 4) is 0 Å². The highest BCUT2D eigenvalue weighted by atomic mass is 19.1. The maximum absolute atomic E-state index is 12.8. The van der Waals surface area contributed by atoms with Gasteiger partial charge in [0.05, 0.1) is 6.54 Å². The Hall–Kier alpha value is -2.64. The average Bonchev–Trinajstić information content (AvgIpc) is 2.52. The Labute approximate surface area is 140 Å². The SMILES string of the molecule is CN(CC(=O)Nc1ccc(F)cc1)C(=O)CCCCCNC(N)=O. The Kier molecular flexibility index (Phi) is 8.24. The molecule has 0 unspecified atom stereocenters. The molecule has 1 aromatic carbocycles. The maximum Gasteiger partial charge on any atom is 0.312 e. The highest BCUT2D eigenvalue weighted by Gasteiger charge is 2.12. The fourth-order valence-electron chi connectivity index (χ4n) is 2.02. The van der Waals surface area contributed by atoms with Gasteiger partial charge in [-0.2, -0.15) is 0 Å². The van der Waals surface area contributed by atoms with Crippen molar-refractivity contribution in [3.63, 3.8) is 0 Å². The van der Waals surface area contributed by atoms with Gasteiger partial charge in [-0.25, -0.2) is 9.18 Å². The van der Waals surface area contributed by atoms with E-state index in [-0.39, 0.29) is 24.2 Å². The summed E-state index contributed by atoms with van der Waals surface area (Å²) in [6.07, 6.45) is 2.52. The molecule has 8 heteroatoms. The van der Waals surface area contributed by atoms with Crippen LogP contribution in [0, 0.1) is 5.82 Å². The molecule has 0 aliphatic heterocycles. The number of anilines is 1. The molecule has 1 rings (SSSR count). The number of benzene rings is 1. The highest BCUT2D eigenvalue weighted by Crippen LogP contribution is 2.08. The molecule has 4 N–H and O–H groups in total. The molecule has 0 aromatic heterocycles. The van der Waals surface area contributed by atoms with Crippen LogP contribution < -0.4 is 16.4 Å². The van der Waals surface area contributed by atoms with E-state index in [9.17, 15) is 18.8 Å². The van der Waals surface area contributed by atoms with Crippen molar-refractivity contribution in [2.75, 3.05) is 25.5 Å². The molecule has 0 saturated carbocycles. The number of likely N-dealkylation sites (N-methyl/N-ethyl adjacent to an activating group) is 1. The zero-order chi connectivity index (χ0) is 17.9. The van der Waals surface area contributed by atoms with Crippen molar-refractivity contribution in [2.24, 2.45) is 5.73 Å². The minimum absolute atomic E-state index is 0.0700. The maximum atomic E-state index is 12.8. The van der Waals surface area contributed by atoms with Gasteiger partial charge in [0.25, 0.3) is 0 Å². The zero-order valence-electron chi connectivity index (χ0n) is 13.7. The number of unbranched alkanes of at least 4 members (excludes halogenated alkanes) is 2. The fourth-order valence-corrected chi connectivity index (χ4v) is 2.02. The van der Waals surface area contributed by atoms with Crippen LogP contribution in [0.3, 0.4) is 0 Å². The van der Waals surface area contributed by atoms with Crippen LogP contribution >= 0.6 is 0 Å². The molecule has 132 valence electrons. The van der Waals surface area contributed by atoms with Gasteiger partial charge < -0.3 is 21.3 Å². The van der Waals surface area contributed by atoms with Gasteiger partial charge in [-0.15, -0.1) is 0 Å². The van der Waals surface area contributed by atoms with Crippen molar-refractivity contribution >= 4 is 23.5 Å².